The molecule has 1 aliphatic rings. The zero-order valence-corrected chi connectivity index (χ0v) is 23.0. The molecule has 0 nitrogen and oxygen atoms in total. The summed E-state index contributed by atoms with van der Waals surface area (Å²) < 4.78 is 0. The van der Waals surface area contributed by atoms with Gasteiger partial charge in [0.1, 0.15) is 0 Å². The van der Waals surface area contributed by atoms with Gasteiger partial charge in [0.2, 0.25) is 0 Å². The summed E-state index contributed by atoms with van der Waals surface area (Å²) >= 11 is 3.97. The van der Waals surface area contributed by atoms with E-state index in [1.807, 2.05) is 22.7 Å². The Morgan fingerprint density at radius 1 is 0.543 bits per heavy atom. The molecule has 1 aliphatic carbocycles. The first-order valence-corrected chi connectivity index (χ1v) is 15.3. The van der Waals surface area contributed by atoms with E-state index >= 15 is 0 Å². The average molecular weight is 499 g/mol. The van der Waals surface area contributed by atoms with Crippen LogP contribution in [-0.4, -0.2) is 0 Å². The molecule has 0 bridgehead atoms. The number of benzene rings is 2. The third kappa shape index (κ3) is 5.81. The van der Waals surface area contributed by atoms with Crippen LogP contribution in [0.5, 0.6) is 0 Å². The highest BCUT2D eigenvalue weighted by atomic mass is 32.1. The summed E-state index contributed by atoms with van der Waals surface area (Å²) in [6.45, 7) is 4.56. The Kier molecular flexibility index (Phi) is 8.21. The Hall–Kier alpha value is -2.16. The second-order valence-corrected chi connectivity index (χ2v) is 12.4. The number of rotatable bonds is 12. The quantitative estimate of drug-likeness (QED) is 0.150. The summed E-state index contributed by atoms with van der Waals surface area (Å²) in [5, 5.41) is 0. The van der Waals surface area contributed by atoms with E-state index in [1.165, 1.54) is 117 Å². The number of aryl methyl sites for hydroxylation is 2. The van der Waals surface area contributed by atoms with Crippen molar-refractivity contribution < 1.29 is 0 Å². The van der Waals surface area contributed by atoms with Gasteiger partial charge in [0.15, 0.2) is 0 Å². The van der Waals surface area contributed by atoms with E-state index < -0.39 is 0 Å². The van der Waals surface area contributed by atoms with Gasteiger partial charge in [0, 0.05) is 19.5 Å². The molecule has 2 heterocycles. The molecule has 4 aromatic rings. The van der Waals surface area contributed by atoms with Crippen molar-refractivity contribution >= 4 is 22.7 Å². The average Bonchev–Trinajstić information content (AvgIpc) is 3.62. The molecule has 0 amide bonds. The van der Waals surface area contributed by atoms with Crippen molar-refractivity contribution in [2.24, 2.45) is 0 Å². The molecule has 0 saturated heterocycles. The first-order valence-electron chi connectivity index (χ1n) is 13.7. The Balaban J connectivity index is 1.27. The topological polar surface area (TPSA) is 0 Å². The van der Waals surface area contributed by atoms with Crippen LogP contribution in [0.4, 0.5) is 0 Å². The number of unbranched alkanes of at least 4 members (excludes halogenated alkanes) is 6. The fourth-order valence-electron chi connectivity index (χ4n) is 5.30. The lowest BCUT2D eigenvalue weighted by Crippen LogP contribution is -1.82. The molecular formula is C33H38S2. The maximum absolute atomic E-state index is 2.45. The highest BCUT2D eigenvalue weighted by Gasteiger charge is 2.20. The van der Waals surface area contributed by atoms with E-state index in [-0.39, 0.29) is 0 Å². The minimum absolute atomic E-state index is 1.05. The molecule has 0 atom stereocenters. The van der Waals surface area contributed by atoms with Gasteiger partial charge in [-0.1, -0.05) is 76.6 Å². The molecule has 35 heavy (non-hydrogen) atoms. The fourth-order valence-corrected chi connectivity index (χ4v) is 7.40. The Morgan fingerprint density at radius 3 is 1.49 bits per heavy atom. The highest BCUT2D eigenvalue weighted by molar-refractivity contribution is 7.15. The monoisotopic (exact) mass is 498 g/mol. The lowest BCUT2D eigenvalue weighted by atomic mass is 10.0. The smallest absolute Gasteiger partial charge is 0.0345 e. The van der Waals surface area contributed by atoms with Crippen molar-refractivity contribution in [2.75, 3.05) is 0 Å². The van der Waals surface area contributed by atoms with Crippen LogP contribution in [0.1, 0.15) is 86.1 Å². The van der Waals surface area contributed by atoms with E-state index in [0.29, 0.717) is 0 Å². The zero-order valence-electron chi connectivity index (χ0n) is 21.4. The van der Waals surface area contributed by atoms with Crippen LogP contribution in [0.25, 0.3) is 32.0 Å². The maximum Gasteiger partial charge on any atom is 0.0345 e. The molecule has 0 aliphatic heterocycles. The molecular weight excluding hydrogens is 460 g/mol. The minimum Gasteiger partial charge on any atom is -0.140 e. The summed E-state index contributed by atoms with van der Waals surface area (Å²) in [5.74, 6) is 0. The summed E-state index contributed by atoms with van der Waals surface area (Å²) in [7, 11) is 0. The molecule has 0 unspecified atom stereocenters. The molecule has 0 saturated carbocycles. The van der Waals surface area contributed by atoms with E-state index in [1.54, 1.807) is 0 Å². The summed E-state index contributed by atoms with van der Waals surface area (Å²) in [4.78, 5) is 5.90. The van der Waals surface area contributed by atoms with Crippen molar-refractivity contribution in [3.8, 4) is 32.0 Å². The van der Waals surface area contributed by atoms with Gasteiger partial charge < -0.3 is 0 Å². The zero-order chi connectivity index (χ0) is 24.0. The highest BCUT2D eigenvalue weighted by Crippen LogP contribution is 2.42. The first-order chi connectivity index (χ1) is 17.2. The molecule has 2 aromatic carbocycles. The van der Waals surface area contributed by atoms with Crippen LogP contribution in [0, 0.1) is 0 Å². The van der Waals surface area contributed by atoms with Gasteiger partial charge in [-0.25, -0.2) is 0 Å². The van der Waals surface area contributed by atoms with E-state index in [4.69, 9.17) is 0 Å². The SMILES string of the molecule is CCCCCCc1ccc(-c2ccc3c(c2)Cc2cc(-c4ccc(CCCCCC)s4)ccc2-3)s1. The number of hydrogen-bond acceptors (Lipinski definition) is 2. The largest absolute Gasteiger partial charge is 0.140 e. The molecule has 0 spiro atoms. The normalized spacial score (nSPS) is 12.2. The van der Waals surface area contributed by atoms with Crippen LogP contribution in [0.3, 0.4) is 0 Å². The van der Waals surface area contributed by atoms with Crippen molar-refractivity contribution in [2.45, 2.75) is 84.5 Å². The first kappa shape index (κ1) is 24.5. The second kappa shape index (κ2) is 11.7. The van der Waals surface area contributed by atoms with Crippen molar-refractivity contribution in [3.05, 3.63) is 81.5 Å². The van der Waals surface area contributed by atoms with Gasteiger partial charge in [-0.3, -0.25) is 0 Å². The minimum atomic E-state index is 1.05. The van der Waals surface area contributed by atoms with Gasteiger partial charge in [-0.05, 0) is 102 Å². The van der Waals surface area contributed by atoms with Gasteiger partial charge in [0.25, 0.3) is 0 Å². The molecule has 2 heteroatoms. The van der Waals surface area contributed by atoms with Crippen LogP contribution in [0.15, 0.2) is 60.7 Å². The Labute approximate surface area is 220 Å². The van der Waals surface area contributed by atoms with Gasteiger partial charge in [-0.2, -0.15) is 0 Å². The molecule has 2 aromatic heterocycles. The Bertz CT molecular complexity index is 1160. The van der Waals surface area contributed by atoms with Crippen LogP contribution in [0.2, 0.25) is 0 Å². The van der Waals surface area contributed by atoms with Crippen LogP contribution < -0.4 is 0 Å². The summed E-state index contributed by atoms with van der Waals surface area (Å²) in [6, 6.07) is 23.6. The second-order valence-electron chi connectivity index (χ2n) is 10.1. The summed E-state index contributed by atoms with van der Waals surface area (Å²) in [6.07, 6.45) is 14.2. The lowest BCUT2D eigenvalue weighted by molar-refractivity contribution is 0.670. The predicted molar refractivity (Wildman–Crippen MR) is 157 cm³/mol. The predicted octanol–water partition coefficient (Wildman–Crippen LogP) is 11.0. The van der Waals surface area contributed by atoms with E-state index in [9.17, 15) is 0 Å². The Morgan fingerprint density at radius 2 is 1.03 bits per heavy atom. The van der Waals surface area contributed by atoms with Gasteiger partial charge >= 0.3 is 0 Å². The van der Waals surface area contributed by atoms with Crippen molar-refractivity contribution in [1.82, 2.24) is 0 Å². The fraction of sp³-hybridized carbons (Fsp3) is 0.394. The van der Waals surface area contributed by atoms with Crippen LogP contribution >= 0.6 is 22.7 Å². The molecule has 182 valence electrons. The maximum atomic E-state index is 2.45. The van der Waals surface area contributed by atoms with Gasteiger partial charge in [0.05, 0.1) is 0 Å². The van der Waals surface area contributed by atoms with Crippen molar-refractivity contribution in [3.63, 3.8) is 0 Å². The molecule has 0 fully saturated rings. The number of hydrogen-bond donors (Lipinski definition) is 0. The molecule has 0 N–H and O–H groups in total. The van der Waals surface area contributed by atoms with E-state index in [2.05, 4.69) is 74.5 Å². The third-order valence-electron chi connectivity index (χ3n) is 7.33. The van der Waals surface area contributed by atoms with Gasteiger partial charge in [-0.15, -0.1) is 22.7 Å². The number of fused-ring (bicyclic) bond motifs is 3. The van der Waals surface area contributed by atoms with Crippen LogP contribution in [-0.2, 0) is 19.3 Å². The standard InChI is InChI=1S/C33H38S2/c1-3-5-7-9-11-28-15-19-32(34-28)24-13-17-30-26(21-24)23-27-22-25(14-18-31(27)30)33-20-16-29(35-33)12-10-8-6-4-2/h13-22H,3-12,23H2,1-2H3. The molecule has 5 rings (SSSR count). The molecule has 0 radical (unpaired) electrons. The summed E-state index contributed by atoms with van der Waals surface area (Å²) in [5.41, 5.74) is 8.58. The van der Waals surface area contributed by atoms with Crippen molar-refractivity contribution in [1.29, 1.82) is 0 Å². The number of thiophene rings is 2. The lowest BCUT2D eigenvalue weighted by Gasteiger charge is -2.05. The van der Waals surface area contributed by atoms with E-state index in [0.717, 1.165) is 6.42 Å². The third-order valence-corrected chi connectivity index (χ3v) is 9.72.